The van der Waals surface area contributed by atoms with Gasteiger partial charge in [-0.05, 0) is 30.7 Å². The number of ether oxygens (including phenoxy) is 1. The second-order valence-electron chi connectivity index (χ2n) is 6.81. The Hall–Kier alpha value is -4.02. The summed E-state index contributed by atoms with van der Waals surface area (Å²) in [5, 5.41) is 31.1. The summed E-state index contributed by atoms with van der Waals surface area (Å²) in [7, 11) is 0. The standard InChI is InChI=1S/C19H17N3O8/c1-11-6-15(2-3-17(11)19(24)25)30-16-4-5-20(10-16)18(23)12-7-13(21(26)27)9-14(8-12)22(28)29/h2-3,6-9,16H,4-5,10H2,1H3,(H,24,25)/t16-/m0/s1. The Morgan fingerprint density at radius 1 is 1.10 bits per heavy atom. The number of nitrogens with zero attached hydrogens (tertiary/aromatic N) is 3. The molecule has 1 aliphatic heterocycles. The van der Waals surface area contributed by atoms with Gasteiger partial charge < -0.3 is 14.7 Å². The molecular formula is C19H17N3O8. The number of rotatable bonds is 6. The number of carboxylic acid groups (broad SMARTS) is 1. The first-order valence-electron chi connectivity index (χ1n) is 8.89. The van der Waals surface area contributed by atoms with Crippen LogP contribution in [-0.2, 0) is 0 Å². The maximum absolute atomic E-state index is 12.7. The van der Waals surface area contributed by atoms with Crippen LogP contribution in [0.1, 0.15) is 32.7 Å². The lowest BCUT2D eigenvalue weighted by molar-refractivity contribution is -0.394. The summed E-state index contributed by atoms with van der Waals surface area (Å²) >= 11 is 0. The van der Waals surface area contributed by atoms with Crippen molar-refractivity contribution >= 4 is 23.3 Å². The first-order chi connectivity index (χ1) is 14.2. The Bertz CT molecular complexity index is 1020. The molecule has 11 nitrogen and oxygen atoms in total. The Morgan fingerprint density at radius 3 is 2.27 bits per heavy atom. The van der Waals surface area contributed by atoms with Gasteiger partial charge in [0.15, 0.2) is 0 Å². The highest BCUT2D eigenvalue weighted by Crippen LogP contribution is 2.26. The van der Waals surface area contributed by atoms with Gasteiger partial charge >= 0.3 is 5.97 Å². The van der Waals surface area contributed by atoms with E-state index in [1.54, 1.807) is 13.0 Å². The van der Waals surface area contributed by atoms with Crippen molar-refractivity contribution in [2.45, 2.75) is 19.4 Å². The van der Waals surface area contributed by atoms with Gasteiger partial charge in [0.25, 0.3) is 17.3 Å². The fourth-order valence-corrected chi connectivity index (χ4v) is 3.26. The smallest absolute Gasteiger partial charge is 0.335 e. The van der Waals surface area contributed by atoms with Crippen LogP contribution in [0.4, 0.5) is 11.4 Å². The highest BCUT2D eigenvalue weighted by Gasteiger charge is 2.30. The van der Waals surface area contributed by atoms with Crippen molar-refractivity contribution in [2.75, 3.05) is 13.1 Å². The third kappa shape index (κ3) is 4.35. The predicted molar refractivity (Wildman–Crippen MR) is 103 cm³/mol. The summed E-state index contributed by atoms with van der Waals surface area (Å²) in [6, 6.07) is 7.39. The Labute approximate surface area is 169 Å². The molecule has 0 aliphatic carbocycles. The molecule has 0 unspecified atom stereocenters. The molecule has 2 aromatic carbocycles. The predicted octanol–water partition coefficient (Wildman–Crippen LogP) is 2.80. The summed E-state index contributed by atoms with van der Waals surface area (Å²) < 4.78 is 5.83. The number of carbonyl (C=O) groups excluding carboxylic acids is 1. The van der Waals surface area contributed by atoms with E-state index in [2.05, 4.69) is 0 Å². The number of nitro groups is 2. The van der Waals surface area contributed by atoms with Crippen molar-refractivity contribution in [3.05, 3.63) is 73.3 Å². The average Bonchev–Trinajstić information content (AvgIpc) is 3.15. The number of carbonyl (C=O) groups is 2. The molecular weight excluding hydrogens is 398 g/mol. The molecule has 0 saturated carbocycles. The maximum Gasteiger partial charge on any atom is 0.335 e. The molecule has 1 aliphatic rings. The van der Waals surface area contributed by atoms with Gasteiger partial charge in [-0.1, -0.05) is 0 Å². The number of likely N-dealkylation sites (tertiary alicyclic amines) is 1. The number of non-ortho nitro benzene ring substituents is 2. The van der Waals surface area contributed by atoms with Crippen LogP contribution in [0.15, 0.2) is 36.4 Å². The van der Waals surface area contributed by atoms with Crippen LogP contribution in [0.3, 0.4) is 0 Å². The molecule has 0 bridgehead atoms. The fraction of sp³-hybridized carbons (Fsp3) is 0.263. The molecule has 0 spiro atoms. The van der Waals surface area contributed by atoms with Crippen molar-refractivity contribution in [1.82, 2.24) is 4.90 Å². The lowest BCUT2D eigenvalue weighted by Gasteiger charge is -2.17. The molecule has 156 valence electrons. The fourth-order valence-electron chi connectivity index (χ4n) is 3.26. The summed E-state index contributed by atoms with van der Waals surface area (Å²) in [5.41, 5.74) is -0.507. The molecule has 1 atom stereocenters. The van der Waals surface area contributed by atoms with Gasteiger partial charge in [-0.15, -0.1) is 0 Å². The SMILES string of the molecule is Cc1cc(O[C@H]2CCN(C(=O)c3cc([N+](=O)[O-])cc([N+](=O)[O-])c3)C2)ccc1C(=O)O. The van der Waals surface area contributed by atoms with Gasteiger partial charge in [-0.3, -0.25) is 25.0 Å². The average molecular weight is 415 g/mol. The highest BCUT2D eigenvalue weighted by molar-refractivity contribution is 5.95. The van der Waals surface area contributed by atoms with Crippen molar-refractivity contribution in [1.29, 1.82) is 0 Å². The van der Waals surface area contributed by atoms with E-state index in [1.165, 1.54) is 17.0 Å². The molecule has 1 saturated heterocycles. The lowest BCUT2D eigenvalue weighted by atomic mass is 10.1. The van der Waals surface area contributed by atoms with Crippen molar-refractivity contribution in [2.24, 2.45) is 0 Å². The number of hydrogen-bond donors (Lipinski definition) is 1. The van der Waals surface area contributed by atoms with E-state index in [4.69, 9.17) is 9.84 Å². The minimum absolute atomic E-state index is 0.141. The van der Waals surface area contributed by atoms with E-state index in [1.807, 2.05) is 0 Å². The minimum Gasteiger partial charge on any atom is -0.489 e. The summed E-state index contributed by atoms with van der Waals surface area (Å²) in [6.07, 6.45) is 0.125. The second-order valence-corrected chi connectivity index (χ2v) is 6.81. The summed E-state index contributed by atoms with van der Waals surface area (Å²) in [4.78, 5) is 45.7. The van der Waals surface area contributed by atoms with Crippen LogP contribution in [-0.4, -0.2) is 50.9 Å². The first-order valence-corrected chi connectivity index (χ1v) is 8.89. The van der Waals surface area contributed by atoms with E-state index in [0.29, 0.717) is 24.3 Å². The van der Waals surface area contributed by atoms with Crippen molar-refractivity contribution in [3.8, 4) is 5.75 Å². The van der Waals surface area contributed by atoms with E-state index >= 15 is 0 Å². The van der Waals surface area contributed by atoms with Gasteiger partial charge in [-0.25, -0.2) is 4.79 Å². The van der Waals surface area contributed by atoms with Crippen LogP contribution in [0.5, 0.6) is 5.75 Å². The number of hydrogen-bond acceptors (Lipinski definition) is 7. The molecule has 3 rings (SSSR count). The summed E-state index contributed by atoms with van der Waals surface area (Å²) in [6.45, 7) is 2.15. The molecule has 1 heterocycles. The zero-order valence-electron chi connectivity index (χ0n) is 15.8. The van der Waals surface area contributed by atoms with E-state index in [0.717, 1.165) is 18.2 Å². The molecule has 30 heavy (non-hydrogen) atoms. The number of amides is 1. The topological polar surface area (TPSA) is 153 Å². The van der Waals surface area contributed by atoms with Crippen LogP contribution < -0.4 is 4.74 Å². The monoisotopic (exact) mass is 415 g/mol. The van der Waals surface area contributed by atoms with E-state index in [-0.39, 0.29) is 23.8 Å². The zero-order chi connectivity index (χ0) is 22.0. The molecule has 1 N–H and O–H groups in total. The Morgan fingerprint density at radius 2 is 1.73 bits per heavy atom. The van der Waals surface area contributed by atoms with Gasteiger partial charge in [-0.2, -0.15) is 0 Å². The third-order valence-electron chi connectivity index (χ3n) is 4.73. The van der Waals surface area contributed by atoms with Gasteiger partial charge in [0.05, 0.1) is 33.6 Å². The van der Waals surface area contributed by atoms with Crippen LogP contribution >= 0.6 is 0 Å². The molecule has 0 radical (unpaired) electrons. The number of benzene rings is 2. The maximum atomic E-state index is 12.7. The first kappa shape index (κ1) is 20.7. The van der Waals surface area contributed by atoms with Crippen LogP contribution in [0.2, 0.25) is 0 Å². The van der Waals surface area contributed by atoms with Gasteiger partial charge in [0, 0.05) is 25.1 Å². The van der Waals surface area contributed by atoms with Crippen molar-refractivity contribution < 1.29 is 29.3 Å². The normalized spacial score (nSPS) is 15.6. The number of carboxylic acids is 1. The molecule has 0 aromatic heterocycles. The number of nitro benzene ring substituents is 2. The minimum atomic E-state index is -1.04. The molecule has 1 fully saturated rings. The van der Waals surface area contributed by atoms with Crippen LogP contribution in [0.25, 0.3) is 0 Å². The highest BCUT2D eigenvalue weighted by atomic mass is 16.6. The quantitative estimate of drug-likeness (QED) is 0.558. The lowest BCUT2D eigenvalue weighted by Crippen LogP contribution is -2.31. The van der Waals surface area contributed by atoms with Gasteiger partial charge in [0.2, 0.25) is 0 Å². The van der Waals surface area contributed by atoms with Crippen LogP contribution in [0, 0.1) is 27.2 Å². The second kappa shape index (κ2) is 8.15. The summed E-state index contributed by atoms with van der Waals surface area (Å²) in [5.74, 6) is -1.14. The number of aryl methyl sites for hydroxylation is 1. The molecule has 1 amide bonds. The van der Waals surface area contributed by atoms with E-state index < -0.39 is 33.1 Å². The van der Waals surface area contributed by atoms with E-state index in [9.17, 15) is 29.8 Å². The zero-order valence-corrected chi connectivity index (χ0v) is 15.8. The number of aromatic carboxylic acids is 1. The largest absolute Gasteiger partial charge is 0.489 e. The molecule has 11 heteroatoms. The molecule has 2 aromatic rings. The Kier molecular flexibility index (Phi) is 5.63. The van der Waals surface area contributed by atoms with Gasteiger partial charge in [0.1, 0.15) is 11.9 Å². The van der Waals surface area contributed by atoms with Crippen molar-refractivity contribution in [3.63, 3.8) is 0 Å². The Balaban J connectivity index is 1.73. The third-order valence-corrected chi connectivity index (χ3v) is 4.73.